The molecule has 0 aliphatic rings. The van der Waals surface area contributed by atoms with Gasteiger partial charge in [0.15, 0.2) is 5.54 Å². The number of ether oxygens (including phenoxy) is 1. The number of carbonyl (C=O) groups is 1. The Balaban J connectivity index is 2.89. The van der Waals surface area contributed by atoms with Crippen LogP contribution in [0.25, 0.3) is 0 Å². The molecule has 1 atom stereocenters. The molecule has 1 rings (SSSR count). The van der Waals surface area contributed by atoms with Crippen LogP contribution >= 0.6 is 0 Å². The average molecular weight is 243 g/mol. The normalized spacial score (nSPS) is 14.4. The minimum atomic E-state index is -2.97. The second-order valence-electron chi connectivity index (χ2n) is 3.72. The van der Waals surface area contributed by atoms with Gasteiger partial charge in [-0.1, -0.05) is 30.3 Å². The van der Waals surface area contributed by atoms with Gasteiger partial charge in [0, 0.05) is 6.42 Å². The Bertz CT molecular complexity index is 370. The van der Waals surface area contributed by atoms with Crippen molar-refractivity contribution in [3.8, 4) is 0 Å². The van der Waals surface area contributed by atoms with E-state index in [2.05, 4.69) is 4.74 Å². The van der Waals surface area contributed by atoms with Crippen LogP contribution in [-0.4, -0.2) is 24.5 Å². The van der Waals surface area contributed by atoms with Crippen molar-refractivity contribution in [1.29, 1.82) is 0 Å². The van der Waals surface area contributed by atoms with E-state index in [1.165, 1.54) is 0 Å². The summed E-state index contributed by atoms with van der Waals surface area (Å²) in [4.78, 5) is 11.5. The van der Waals surface area contributed by atoms with Crippen LogP contribution in [0.3, 0.4) is 0 Å². The summed E-state index contributed by atoms with van der Waals surface area (Å²) in [6.45, 7) is 1.57. The number of hydrogen-bond donors (Lipinski definition) is 1. The number of carbonyl (C=O) groups excluding carboxylic acids is 1. The third kappa shape index (κ3) is 3.23. The van der Waals surface area contributed by atoms with E-state index >= 15 is 0 Å². The Hall–Kier alpha value is -1.49. The monoisotopic (exact) mass is 243 g/mol. The number of alkyl halides is 2. The maximum Gasteiger partial charge on any atom is 0.332 e. The molecule has 17 heavy (non-hydrogen) atoms. The Labute approximate surface area is 98.6 Å². The highest BCUT2D eigenvalue weighted by molar-refractivity contribution is 5.81. The summed E-state index contributed by atoms with van der Waals surface area (Å²) >= 11 is 0. The van der Waals surface area contributed by atoms with Crippen LogP contribution in [0.15, 0.2) is 30.3 Å². The van der Waals surface area contributed by atoms with Crippen molar-refractivity contribution in [2.24, 2.45) is 5.73 Å². The molecule has 3 nitrogen and oxygen atoms in total. The summed E-state index contributed by atoms with van der Waals surface area (Å²) in [7, 11) is 0. The van der Waals surface area contributed by atoms with Gasteiger partial charge in [0.05, 0.1) is 6.61 Å². The van der Waals surface area contributed by atoms with Crippen molar-refractivity contribution in [2.75, 3.05) is 6.61 Å². The van der Waals surface area contributed by atoms with E-state index in [0.717, 1.165) is 0 Å². The minimum absolute atomic E-state index is 0.0271. The maximum atomic E-state index is 12.9. The van der Waals surface area contributed by atoms with Crippen LogP contribution in [-0.2, 0) is 16.0 Å². The third-order valence-electron chi connectivity index (χ3n) is 2.38. The molecule has 94 valence electrons. The molecular formula is C12H15F2NO2. The number of nitrogens with two attached hydrogens (primary N) is 1. The van der Waals surface area contributed by atoms with Gasteiger partial charge >= 0.3 is 5.97 Å². The molecule has 0 amide bonds. The molecule has 0 saturated heterocycles. The van der Waals surface area contributed by atoms with Gasteiger partial charge in [-0.3, -0.25) is 0 Å². The SMILES string of the molecule is CCOC(=O)[C@@](N)(Cc1ccccc1)C(F)F. The minimum Gasteiger partial charge on any atom is -0.464 e. The summed E-state index contributed by atoms with van der Waals surface area (Å²) in [5, 5.41) is 0. The first-order valence-electron chi connectivity index (χ1n) is 5.29. The van der Waals surface area contributed by atoms with Gasteiger partial charge in [-0.25, -0.2) is 13.6 Å². The van der Waals surface area contributed by atoms with Crippen LogP contribution in [0.5, 0.6) is 0 Å². The van der Waals surface area contributed by atoms with Crippen LogP contribution in [0.1, 0.15) is 12.5 Å². The molecule has 1 aromatic rings. The highest BCUT2D eigenvalue weighted by Crippen LogP contribution is 2.20. The van der Waals surface area contributed by atoms with E-state index in [4.69, 9.17) is 5.73 Å². The molecule has 2 N–H and O–H groups in total. The smallest absolute Gasteiger partial charge is 0.332 e. The van der Waals surface area contributed by atoms with E-state index in [0.29, 0.717) is 5.56 Å². The quantitative estimate of drug-likeness (QED) is 0.802. The summed E-state index contributed by atoms with van der Waals surface area (Å²) in [5.41, 5.74) is 3.77. The van der Waals surface area contributed by atoms with Crippen LogP contribution < -0.4 is 5.73 Å². The Morgan fingerprint density at radius 1 is 1.41 bits per heavy atom. The van der Waals surface area contributed by atoms with Crippen LogP contribution in [0.4, 0.5) is 8.78 Å². The highest BCUT2D eigenvalue weighted by atomic mass is 19.3. The molecular weight excluding hydrogens is 228 g/mol. The van der Waals surface area contributed by atoms with Gasteiger partial charge < -0.3 is 10.5 Å². The molecule has 0 unspecified atom stereocenters. The zero-order valence-electron chi connectivity index (χ0n) is 9.53. The van der Waals surface area contributed by atoms with Gasteiger partial charge in [0.1, 0.15) is 0 Å². The number of esters is 1. The lowest BCUT2D eigenvalue weighted by atomic mass is 9.92. The summed E-state index contributed by atoms with van der Waals surface area (Å²) in [6, 6.07) is 8.44. The molecule has 0 aliphatic heterocycles. The zero-order chi connectivity index (χ0) is 12.9. The molecule has 0 fully saturated rings. The second-order valence-corrected chi connectivity index (χ2v) is 3.72. The fraction of sp³-hybridized carbons (Fsp3) is 0.417. The van der Waals surface area contributed by atoms with E-state index in [-0.39, 0.29) is 13.0 Å². The number of rotatable bonds is 5. The van der Waals surface area contributed by atoms with Crippen LogP contribution in [0, 0.1) is 0 Å². The first-order chi connectivity index (χ1) is 8.00. The predicted octanol–water partition coefficient (Wildman–Crippen LogP) is 1.75. The fourth-order valence-corrected chi connectivity index (χ4v) is 1.44. The maximum absolute atomic E-state index is 12.9. The van der Waals surface area contributed by atoms with Gasteiger partial charge in [0.25, 0.3) is 6.43 Å². The lowest BCUT2D eigenvalue weighted by molar-refractivity contribution is -0.156. The molecule has 5 heteroatoms. The van der Waals surface area contributed by atoms with Gasteiger partial charge in [-0.2, -0.15) is 0 Å². The van der Waals surface area contributed by atoms with E-state index in [1.54, 1.807) is 37.3 Å². The Morgan fingerprint density at radius 2 is 2.00 bits per heavy atom. The van der Waals surface area contributed by atoms with Crippen molar-refractivity contribution >= 4 is 5.97 Å². The standard InChI is InChI=1S/C12H15F2NO2/c1-2-17-11(16)12(15,10(13)14)8-9-6-4-3-5-7-9/h3-7,10H,2,8,15H2,1H3/t12-/m1/s1. The molecule has 1 aromatic carbocycles. The summed E-state index contributed by atoms with van der Waals surface area (Å²) in [5.74, 6) is -1.07. The van der Waals surface area contributed by atoms with Gasteiger partial charge in [-0.15, -0.1) is 0 Å². The van der Waals surface area contributed by atoms with Crippen molar-refractivity contribution in [2.45, 2.75) is 25.3 Å². The van der Waals surface area contributed by atoms with Crippen LogP contribution in [0.2, 0.25) is 0 Å². The second kappa shape index (κ2) is 5.72. The van der Waals surface area contributed by atoms with E-state index < -0.39 is 17.9 Å². The Morgan fingerprint density at radius 3 is 2.47 bits per heavy atom. The molecule has 0 radical (unpaired) electrons. The zero-order valence-corrected chi connectivity index (χ0v) is 9.53. The molecule has 0 aliphatic carbocycles. The largest absolute Gasteiger partial charge is 0.464 e. The molecule has 0 heterocycles. The van der Waals surface area contributed by atoms with Gasteiger partial charge in [0.2, 0.25) is 0 Å². The molecule has 0 saturated carbocycles. The summed E-state index contributed by atoms with van der Waals surface area (Å²) in [6.07, 6.45) is -3.22. The fourth-order valence-electron chi connectivity index (χ4n) is 1.44. The molecule has 0 aromatic heterocycles. The predicted molar refractivity (Wildman–Crippen MR) is 59.7 cm³/mol. The van der Waals surface area contributed by atoms with E-state index in [9.17, 15) is 13.6 Å². The van der Waals surface area contributed by atoms with Crippen molar-refractivity contribution in [3.63, 3.8) is 0 Å². The summed E-state index contributed by atoms with van der Waals surface area (Å²) < 4.78 is 30.4. The third-order valence-corrected chi connectivity index (χ3v) is 2.38. The lowest BCUT2D eigenvalue weighted by Crippen LogP contribution is -2.56. The number of benzene rings is 1. The first-order valence-corrected chi connectivity index (χ1v) is 5.29. The van der Waals surface area contributed by atoms with E-state index in [1.807, 2.05) is 0 Å². The number of halogens is 2. The van der Waals surface area contributed by atoms with Gasteiger partial charge in [-0.05, 0) is 12.5 Å². The highest BCUT2D eigenvalue weighted by Gasteiger charge is 2.45. The topological polar surface area (TPSA) is 52.3 Å². The Kier molecular flexibility index (Phi) is 4.57. The number of hydrogen-bond acceptors (Lipinski definition) is 3. The molecule has 0 spiro atoms. The van der Waals surface area contributed by atoms with Crippen molar-refractivity contribution < 1.29 is 18.3 Å². The molecule has 0 bridgehead atoms. The first kappa shape index (κ1) is 13.6. The lowest BCUT2D eigenvalue weighted by Gasteiger charge is -2.26. The average Bonchev–Trinajstić information content (AvgIpc) is 2.30. The van der Waals surface area contributed by atoms with Crippen molar-refractivity contribution in [1.82, 2.24) is 0 Å². The van der Waals surface area contributed by atoms with Crippen molar-refractivity contribution in [3.05, 3.63) is 35.9 Å².